The van der Waals surface area contributed by atoms with Gasteiger partial charge < -0.3 is 4.57 Å². The molecule has 0 fully saturated rings. The Morgan fingerprint density at radius 1 is 1.28 bits per heavy atom. The first-order valence-electron chi connectivity index (χ1n) is 6.40. The number of aromatic nitrogens is 2. The van der Waals surface area contributed by atoms with Gasteiger partial charge in [-0.1, -0.05) is 38.3 Å². The van der Waals surface area contributed by atoms with Crippen molar-refractivity contribution in [2.24, 2.45) is 5.92 Å². The Kier molecular flexibility index (Phi) is 4.52. The Bertz CT molecular complexity index is 530. The topological polar surface area (TPSA) is 17.8 Å². The summed E-state index contributed by atoms with van der Waals surface area (Å²) in [5, 5.41) is 0.718. The Labute approximate surface area is 118 Å². The molecule has 0 radical (unpaired) electrons. The first-order chi connectivity index (χ1) is 8.69. The van der Waals surface area contributed by atoms with Crippen LogP contribution in [0.3, 0.4) is 0 Å². The van der Waals surface area contributed by atoms with E-state index in [1.807, 2.05) is 18.2 Å². The van der Waals surface area contributed by atoms with E-state index in [1.54, 1.807) is 0 Å². The van der Waals surface area contributed by atoms with Crippen LogP contribution < -0.4 is 0 Å². The molecule has 0 N–H and O–H groups in total. The predicted octanol–water partition coefficient (Wildman–Crippen LogP) is 4.86. The highest BCUT2D eigenvalue weighted by Gasteiger charge is 2.13. The Balaban J connectivity index is 2.46. The molecule has 1 aromatic carbocycles. The van der Waals surface area contributed by atoms with E-state index in [1.165, 1.54) is 12.8 Å². The summed E-state index contributed by atoms with van der Waals surface area (Å²) >= 11 is 12.0. The summed E-state index contributed by atoms with van der Waals surface area (Å²) in [6.07, 6.45) is 2.34. The third-order valence-electron chi connectivity index (χ3n) is 3.50. The van der Waals surface area contributed by atoms with Crippen molar-refractivity contribution in [3.8, 4) is 0 Å². The van der Waals surface area contributed by atoms with E-state index in [0.717, 1.165) is 28.4 Å². The first kappa shape index (κ1) is 13.7. The van der Waals surface area contributed by atoms with Crippen LogP contribution in [-0.2, 0) is 12.4 Å². The summed E-state index contributed by atoms with van der Waals surface area (Å²) in [6.45, 7) is 5.43. The standard InChI is InChI=1S/C14H18Cl2N2/c1-3-10(4-2)9-18-13-6-5-11(16)7-12(13)17-14(18)8-15/h5-7,10H,3-4,8-9H2,1-2H3. The van der Waals surface area contributed by atoms with Crippen molar-refractivity contribution in [3.63, 3.8) is 0 Å². The van der Waals surface area contributed by atoms with E-state index in [0.29, 0.717) is 11.8 Å². The van der Waals surface area contributed by atoms with Gasteiger partial charge in [0.1, 0.15) is 5.82 Å². The molecule has 2 aromatic rings. The molecule has 0 amide bonds. The Morgan fingerprint density at radius 2 is 2.00 bits per heavy atom. The average molecular weight is 285 g/mol. The zero-order valence-electron chi connectivity index (χ0n) is 10.8. The minimum absolute atomic E-state index is 0.437. The zero-order chi connectivity index (χ0) is 13.1. The second-order valence-corrected chi connectivity index (χ2v) is 5.29. The zero-order valence-corrected chi connectivity index (χ0v) is 12.3. The molecule has 98 valence electrons. The van der Waals surface area contributed by atoms with E-state index >= 15 is 0 Å². The van der Waals surface area contributed by atoms with Crippen LogP contribution in [0.15, 0.2) is 18.2 Å². The highest BCUT2D eigenvalue weighted by atomic mass is 35.5. The predicted molar refractivity (Wildman–Crippen MR) is 78.4 cm³/mol. The third-order valence-corrected chi connectivity index (χ3v) is 3.98. The lowest BCUT2D eigenvalue weighted by molar-refractivity contribution is 0.419. The van der Waals surface area contributed by atoms with Crippen LogP contribution in [0.25, 0.3) is 11.0 Å². The van der Waals surface area contributed by atoms with E-state index < -0.39 is 0 Å². The van der Waals surface area contributed by atoms with Gasteiger partial charge in [-0.2, -0.15) is 0 Å². The van der Waals surface area contributed by atoms with E-state index in [2.05, 4.69) is 23.4 Å². The maximum atomic E-state index is 6.00. The van der Waals surface area contributed by atoms with Gasteiger partial charge in [-0.15, -0.1) is 11.6 Å². The van der Waals surface area contributed by atoms with Gasteiger partial charge in [-0.05, 0) is 24.1 Å². The molecular weight excluding hydrogens is 267 g/mol. The fourth-order valence-electron chi connectivity index (χ4n) is 2.26. The van der Waals surface area contributed by atoms with Crippen molar-refractivity contribution < 1.29 is 0 Å². The summed E-state index contributed by atoms with van der Waals surface area (Å²) in [5.74, 6) is 2.03. The molecule has 0 aliphatic carbocycles. The van der Waals surface area contributed by atoms with Crippen LogP contribution in [0.4, 0.5) is 0 Å². The van der Waals surface area contributed by atoms with Gasteiger partial charge in [0.15, 0.2) is 0 Å². The lowest BCUT2D eigenvalue weighted by Crippen LogP contribution is -2.11. The molecule has 1 aromatic heterocycles. The second kappa shape index (κ2) is 5.94. The molecule has 0 atom stereocenters. The molecular formula is C14H18Cl2N2. The number of hydrogen-bond acceptors (Lipinski definition) is 1. The van der Waals surface area contributed by atoms with Crippen LogP contribution in [0.2, 0.25) is 5.02 Å². The molecule has 0 saturated carbocycles. The van der Waals surface area contributed by atoms with Gasteiger partial charge in [-0.3, -0.25) is 0 Å². The van der Waals surface area contributed by atoms with Crippen molar-refractivity contribution >= 4 is 34.2 Å². The van der Waals surface area contributed by atoms with Gasteiger partial charge in [0.25, 0.3) is 0 Å². The Morgan fingerprint density at radius 3 is 2.61 bits per heavy atom. The van der Waals surface area contributed by atoms with Crippen molar-refractivity contribution in [3.05, 3.63) is 29.0 Å². The monoisotopic (exact) mass is 284 g/mol. The molecule has 18 heavy (non-hydrogen) atoms. The van der Waals surface area contributed by atoms with Crippen molar-refractivity contribution in [1.82, 2.24) is 9.55 Å². The minimum Gasteiger partial charge on any atom is -0.327 e. The summed E-state index contributed by atoms with van der Waals surface area (Å²) in [5.41, 5.74) is 2.06. The van der Waals surface area contributed by atoms with Gasteiger partial charge in [0.05, 0.1) is 16.9 Å². The summed E-state index contributed by atoms with van der Waals surface area (Å²) in [7, 11) is 0. The maximum absolute atomic E-state index is 6.00. The fourth-order valence-corrected chi connectivity index (χ4v) is 2.63. The van der Waals surface area contributed by atoms with Crippen LogP contribution >= 0.6 is 23.2 Å². The quantitative estimate of drug-likeness (QED) is 0.717. The largest absolute Gasteiger partial charge is 0.327 e. The lowest BCUT2D eigenvalue weighted by atomic mass is 10.0. The van der Waals surface area contributed by atoms with E-state index in [4.69, 9.17) is 23.2 Å². The SMILES string of the molecule is CCC(CC)Cn1c(CCl)nc2cc(Cl)ccc21. The summed E-state index contributed by atoms with van der Waals surface area (Å²) in [6, 6.07) is 5.84. The average Bonchev–Trinajstić information content (AvgIpc) is 2.72. The third kappa shape index (κ3) is 2.65. The van der Waals surface area contributed by atoms with Crippen LogP contribution in [0, 0.1) is 5.92 Å². The van der Waals surface area contributed by atoms with Crippen molar-refractivity contribution in [2.75, 3.05) is 0 Å². The summed E-state index contributed by atoms with van der Waals surface area (Å²) < 4.78 is 2.23. The molecule has 0 spiro atoms. The highest BCUT2D eigenvalue weighted by Crippen LogP contribution is 2.23. The van der Waals surface area contributed by atoms with Gasteiger partial charge in [0.2, 0.25) is 0 Å². The number of fused-ring (bicyclic) bond motifs is 1. The summed E-state index contributed by atoms with van der Waals surface area (Å²) in [4.78, 5) is 4.56. The molecule has 0 saturated heterocycles. The molecule has 2 rings (SSSR count). The van der Waals surface area contributed by atoms with Gasteiger partial charge in [-0.25, -0.2) is 4.98 Å². The van der Waals surface area contributed by atoms with Gasteiger partial charge in [0, 0.05) is 11.6 Å². The Hall–Kier alpha value is -0.730. The molecule has 0 bridgehead atoms. The van der Waals surface area contributed by atoms with Crippen molar-refractivity contribution in [2.45, 2.75) is 39.1 Å². The minimum atomic E-state index is 0.437. The second-order valence-electron chi connectivity index (χ2n) is 4.59. The smallest absolute Gasteiger partial charge is 0.124 e. The molecule has 1 heterocycles. The van der Waals surface area contributed by atoms with E-state index in [-0.39, 0.29) is 0 Å². The van der Waals surface area contributed by atoms with Crippen LogP contribution in [0.1, 0.15) is 32.5 Å². The first-order valence-corrected chi connectivity index (χ1v) is 7.31. The number of rotatable bonds is 5. The number of imidazole rings is 1. The van der Waals surface area contributed by atoms with E-state index in [9.17, 15) is 0 Å². The fraction of sp³-hybridized carbons (Fsp3) is 0.500. The highest BCUT2D eigenvalue weighted by molar-refractivity contribution is 6.31. The van der Waals surface area contributed by atoms with Crippen molar-refractivity contribution in [1.29, 1.82) is 0 Å². The molecule has 2 nitrogen and oxygen atoms in total. The normalized spacial score (nSPS) is 11.6. The number of hydrogen-bond donors (Lipinski definition) is 0. The number of nitrogens with zero attached hydrogens (tertiary/aromatic N) is 2. The number of halogens is 2. The molecule has 0 unspecified atom stereocenters. The molecule has 0 aliphatic rings. The number of alkyl halides is 1. The number of benzene rings is 1. The molecule has 0 aliphatic heterocycles. The van der Waals surface area contributed by atoms with Gasteiger partial charge >= 0.3 is 0 Å². The van der Waals surface area contributed by atoms with Crippen LogP contribution in [-0.4, -0.2) is 9.55 Å². The lowest BCUT2D eigenvalue weighted by Gasteiger charge is -2.15. The molecule has 4 heteroatoms. The van der Waals surface area contributed by atoms with Crippen LogP contribution in [0.5, 0.6) is 0 Å². The maximum Gasteiger partial charge on any atom is 0.124 e.